The van der Waals surface area contributed by atoms with E-state index in [-0.39, 0.29) is 11.7 Å². The molecule has 1 unspecified atom stereocenters. The predicted octanol–water partition coefficient (Wildman–Crippen LogP) is 5.06. The van der Waals surface area contributed by atoms with Gasteiger partial charge in [-0.1, -0.05) is 29.8 Å². The monoisotopic (exact) mass is 404 g/mol. The molecular weight excluding hydrogens is 384 g/mol. The van der Waals surface area contributed by atoms with E-state index in [0.717, 1.165) is 16.7 Å². The third-order valence-electron chi connectivity index (χ3n) is 5.22. The number of rotatable bonds is 3. The summed E-state index contributed by atoms with van der Waals surface area (Å²) >= 11 is 6.23. The van der Waals surface area contributed by atoms with Crippen LogP contribution >= 0.6 is 11.6 Å². The number of anilines is 1. The Balaban J connectivity index is 1.81. The number of aryl methyl sites for hydroxylation is 2. The molecule has 3 aromatic carbocycles. The van der Waals surface area contributed by atoms with Crippen LogP contribution in [0, 0.1) is 13.8 Å². The van der Waals surface area contributed by atoms with Crippen LogP contribution in [0.25, 0.3) is 0 Å². The molecule has 1 aliphatic heterocycles. The largest absolute Gasteiger partial charge is 0.508 e. The number of benzodiazepines with no additional fused rings is 1. The second-order valence-corrected chi connectivity index (χ2v) is 7.78. The number of halogens is 1. The quantitative estimate of drug-likeness (QED) is 0.640. The fourth-order valence-electron chi connectivity index (χ4n) is 3.46. The molecule has 5 heteroatoms. The Bertz CT molecular complexity index is 1120. The Morgan fingerprint density at radius 3 is 2.48 bits per heavy atom. The van der Waals surface area contributed by atoms with Gasteiger partial charge in [-0.3, -0.25) is 9.79 Å². The molecule has 0 saturated carbocycles. The molecule has 1 atom stereocenters. The first-order valence-corrected chi connectivity index (χ1v) is 9.82. The normalized spacial score (nSPS) is 15.9. The molecule has 4 rings (SSSR count). The van der Waals surface area contributed by atoms with Crippen LogP contribution < -0.4 is 5.32 Å². The van der Waals surface area contributed by atoms with Crippen LogP contribution in [0.15, 0.2) is 65.7 Å². The first kappa shape index (κ1) is 19.2. The number of nitrogens with zero attached hydrogens (tertiary/aromatic N) is 1. The van der Waals surface area contributed by atoms with Gasteiger partial charge in [0.1, 0.15) is 11.8 Å². The minimum Gasteiger partial charge on any atom is -0.508 e. The maximum absolute atomic E-state index is 13.0. The molecular formula is C24H21ClN2O2. The molecule has 4 nitrogen and oxygen atoms in total. The van der Waals surface area contributed by atoms with Crippen molar-refractivity contribution in [1.29, 1.82) is 0 Å². The second-order valence-electron chi connectivity index (χ2n) is 7.34. The molecule has 0 radical (unpaired) electrons. The van der Waals surface area contributed by atoms with Gasteiger partial charge in [-0.05, 0) is 73.0 Å². The molecule has 3 aromatic rings. The van der Waals surface area contributed by atoms with E-state index in [1.54, 1.807) is 42.5 Å². The molecule has 29 heavy (non-hydrogen) atoms. The van der Waals surface area contributed by atoms with Crippen molar-refractivity contribution in [2.75, 3.05) is 5.32 Å². The summed E-state index contributed by atoms with van der Waals surface area (Å²) in [5.74, 6) is 0.0238. The zero-order valence-corrected chi connectivity index (χ0v) is 17.0. The molecule has 0 fully saturated rings. The highest BCUT2D eigenvalue weighted by molar-refractivity contribution is 6.32. The number of hydrogen-bond acceptors (Lipinski definition) is 3. The third-order valence-corrected chi connectivity index (χ3v) is 5.46. The number of benzene rings is 3. The second kappa shape index (κ2) is 7.72. The first-order chi connectivity index (χ1) is 13.9. The molecule has 2 N–H and O–H groups in total. The maximum Gasteiger partial charge on any atom is 0.249 e. The number of aromatic hydroxyl groups is 1. The van der Waals surface area contributed by atoms with Gasteiger partial charge < -0.3 is 10.4 Å². The van der Waals surface area contributed by atoms with Gasteiger partial charge in [-0.25, -0.2) is 0 Å². The van der Waals surface area contributed by atoms with Crippen molar-refractivity contribution in [1.82, 2.24) is 0 Å². The number of nitrogens with one attached hydrogen (secondary N) is 1. The highest BCUT2D eigenvalue weighted by atomic mass is 35.5. The number of carbonyl (C=O) groups is 1. The van der Waals surface area contributed by atoms with E-state index in [0.29, 0.717) is 22.8 Å². The van der Waals surface area contributed by atoms with Gasteiger partial charge in [0, 0.05) is 22.6 Å². The van der Waals surface area contributed by atoms with Crippen LogP contribution in [-0.2, 0) is 11.2 Å². The standard InChI is InChI=1S/C24H21ClN2O2/c1-14-3-4-16(11-15(14)2)12-22-24(29)27-21-10-7-18(25)13-20(21)23(26-22)17-5-8-19(28)9-6-17/h3-11,13,22,28H,12H2,1-2H3,(H,27,29). The number of carbonyl (C=O) groups excluding carboxylic acids is 1. The van der Waals surface area contributed by atoms with E-state index in [2.05, 4.69) is 31.3 Å². The van der Waals surface area contributed by atoms with Crippen LogP contribution in [0.3, 0.4) is 0 Å². The molecule has 0 aliphatic carbocycles. The summed E-state index contributed by atoms with van der Waals surface area (Å²) in [5, 5.41) is 13.2. The number of fused-ring (bicyclic) bond motifs is 1. The topological polar surface area (TPSA) is 61.7 Å². The van der Waals surface area contributed by atoms with Crippen molar-refractivity contribution < 1.29 is 9.90 Å². The van der Waals surface area contributed by atoms with Crippen LogP contribution in [0.5, 0.6) is 5.75 Å². The SMILES string of the molecule is Cc1ccc(CC2N=C(c3ccc(O)cc3)c3cc(Cl)ccc3NC2=O)cc1C. The predicted molar refractivity (Wildman–Crippen MR) is 117 cm³/mol. The Labute approximate surface area is 174 Å². The fraction of sp³-hybridized carbons (Fsp3) is 0.167. The zero-order valence-electron chi connectivity index (χ0n) is 16.2. The van der Waals surface area contributed by atoms with Crippen LogP contribution in [-0.4, -0.2) is 22.8 Å². The summed E-state index contributed by atoms with van der Waals surface area (Å²) in [5.41, 5.74) is 6.39. The van der Waals surface area contributed by atoms with E-state index in [9.17, 15) is 9.90 Å². The number of phenolic OH excluding ortho intramolecular Hbond substituents is 1. The van der Waals surface area contributed by atoms with Crippen LogP contribution in [0.2, 0.25) is 5.02 Å². The number of aliphatic imine (C=N–C) groups is 1. The smallest absolute Gasteiger partial charge is 0.249 e. The molecule has 0 aromatic heterocycles. The highest BCUT2D eigenvalue weighted by Gasteiger charge is 2.26. The van der Waals surface area contributed by atoms with E-state index in [1.807, 2.05) is 6.07 Å². The molecule has 0 spiro atoms. The number of amides is 1. The molecule has 1 amide bonds. The van der Waals surface area contributed by atoms with Gasteiger partial charge in [0.25, 0.3) is 0 Å². The van der Waals surface area contributed by atoms with E-state index >= 15 is 0 Å². The molecule has 1 aliphatic rings. The van der Waals surface area contributed by atoms with E-state index in [1.165, 1.54) is 11.1 Å². The van der Waals surface area contributed by atoms with Crippen molar-refractivity contribution in [3.05, 3.63) is 93.5 Å². The van der Waals surface area contributed by atoms with Gasteiger partial charge in [0.2, 0.25) is 5.91 Å². The van der Waals surface area contributed by atoms with Crippen molar-refractivity contribution in [3.63, 3.8) is 0 Å². The lowest BCUT2D eigenvalue weighted by molar-refractivity contribution is -0.117. The van der Waals surface area contributed by atoms with E-state index < -0.39 is 6.04 Å². The van der Waals surface area contributed by atoms with Crippen molar-refractivity contribution in [2.24, 2.45) is 4.99 Å². The maximum atomic E-state index is 13.0. The number of hydrogen-bond donors (Lipinski definition) is 2. The van der Waals surface area contributed by atoms with Gasteiger partial charge in [0.15, 0.2) is 0 Å². The lowest BCUT2D eigenvalue weighted by Crippen LogP contribution is -2.27. The third kappa shape index (κ3) is 4.03. The Morgan fingerprint density at radius 1 is 1.00 bits per heavy atom. The van der Waals surface area contributed by atoms with Crippen LogP contribution in [0.1, 0.15) is 27.8 Å². The minimum atomic E-state index is -0.577. The Hall–Kier alpha value is -3.11. The summed E-state index contributed by atoms with van der Waals surface area (Å²) in [7, 11) is 0. The van der Waals surface area contributed by atoms with Gasteiger partial charge in [0.05, 0.1) is 11.4 Å². The summed E-state index contributed by atoms with van der Waals surface area (Å²) in [6.45, 7) is 4.13. The summed E-state index contributed by atoms with van der Waals surface area (Å²) in [6.07, 6.45) is 0.496. The fourth-order valence-corrected chi connectivity index (χ4v) is 3.63. The van der Waals surface area contributed by atoms with Crippen molar-refractivity contribution >= 4 is 28.9 Å². The Kier molecular flexibility index (Phi) is 5.12. The van der Waals surface area contributed by atoms with Gasteiger partial charge in [-0.2, -0.15) is 0 Å². The van der Waals surface area contributed by atoms with Crippen molar-refractivity contribution in [3.8, 4) is 5.75 Å². The highest BCUT2D eigenvalue weighted by Crippen LogP contribution is 2.28. The summed E-state index contributed by atoms with van der Waals surface area (Å²) in [4.78, 5) is 17.8. The Morgan fingerprint density at radius 2 is 1.76 bits per heavy atom. The zero-order chi connectivity index (χ0) is 20.5. The number of phenols is 1. The molecule has 0 bridgehead atoms. The molecule has 146 valence electrons. The molecule has 1 heterocycles. The average Bonchev–Trinajstić information content (AvgIpc) is 2.82. The van der Waals surface area contributed by atoms with Crippen LogP contribution in [0.4, 0.5) is 5.69 Å². The minimum absolute atomic E-state index is 0.152. The van der Waals surface area contributed by atoms with E-state index in [4.69, 9.17) is 16.6 Å². The lowest BCUT2D eigenvalue weighted by Gasteiger charge is -2.12. The lowest BCUT2D eigenvalue weighted by atomic mass is 9.99. The first-order valence-electron chi connectivity index (χ1n) is 9.45. The summed E-state index contributed by atoms with van der Waals surface area (Å²) in [6, 6.07) is 17.8. The molecule has 0 saturated heterocycles. The average molecular weight is 405 g/mol. The van der Waals surface area contributed by atoms with Crippen molar-refractivity contribution in [2.45, 2.75) is 26.3 Å². The van der Waals surface area contributed by atoms with Gasteiger partial charge in [-0.15, -0.1) is 0 Å². The summed E-state index contributed by atoms with van der Waals surface area (Å²) < 4.78 is 0. The van der Waals surface area contributed by atoms with Gasteiger partial charge >= 0.3 is 0 Å².